The van der Waals surface area contributed by atoms with Gasteiger partial charge in [0, 0.05) is 12.6 Å². The summed E-state index contributed by atoms with van der Waals surface area (Å²) in [5.41, 5.74) is 2.40. The first-order valence-electron chi connectivity index (χ1n) is 7.47. The second-order valence-electron chi connectivity index (χ2n) is 5.02. The van der Waals surface area contributed by atoms with E-state index in [2.05, 4.69) is 10.6 Å². The zero-order valence-corrected chi connectivity index (χ0v) is 13.3. The number of nitrogens with one attached hydrogen (secondary N) is 2. The Hall–Kier alpha value is -2.82. The Labute approximate surface area is 135 Å². The number of anilines is 2. The smallest absolute Gasteiger partial charge is 0.262 e. The van der Waals surface area contributed by atoms with Gasteiger partial charge in [-0.2, -0.15) is 0 Å². The monoisotopic (exact) mass is 312 g/mol. The fraction of sp³-hybridized carbons (Fsp3) is 0.222. The number of benzene rings is 2. The highest BCUT2D eigenvalue weighted by Gasteiger charge is 2.09. The molecule has 2 amide bonds. The molecule has 0 unspecified atom stereocenters. The lowest BCUT2D eigenvalue weighted by Gasteiger charge is -2.13. The summed E-state index contributed by atoms with van der Waals surface area (Å²) in [6.07, 6.45) is 0.836. The molecule has 0 heterocycles. The number of ether oxygens (including phenoxy) is 1. The van der Waals surface area contributed by atoms with Crippen LogP contribution in [0.1, 0.15) is 19.4 Å². The molecule has 0 saturated heterocycles. The van der Waals surface area contributed by atoms with Crippen molar-refractivity contribution in [2.75, 3.05) is 17.2 Å². The normalized spacial score (nSPS) is 10.0. The van der Waals surface area contributed by atoms with Crippen molar-refractivity contribution in [1.82, 2.24) is 0 Å². The van der Waals surface area contributed by atoms with Crippen molar-refractivity contribution in [3.8, 4) is 5.75 Å². The first-order chi connectivity index (χ1) is 11.1. The Kier molecular flexibility index (Phi) is 5.74. The third-order valence-corrected chi connectivity index (χ3v) is 3.23. The van der Waals surface area contributed by atoms with Crippen LogP contribution in [0.4, 0.5) is 11.4 Å². The fourth-order valence-corrected chi connectivity index (χ4v) is 2.17. The largest absolute Gasteiger partial charge is 0.482 e. The second-order valence-corrected chi connectivity index (χ2v) is 5.02. The van der Waals surface area contributed by atoms with Crippen molar-refractivity contribution in [3.05, 3.63) is 54.1 Å². The topological polar surface area (TPSA) is 67.4 Å². The molecule has 0 fully saturated rings. The van der Waals surface area contributed by atoms with E-state index < -0.39 is 0 Å². The van der Waals surface area contributed by atoms with E-state index in [9.17, 15) is 9.59 Å². The number of aryl methyl sites for hydroxylation is 1. The summed E-state index contributed by atoms with van der Waals surface area (Å²) in [7, 11) is 0. The van der Waals surface area contributed by atoms with Crippen molar-refractivity contribution in [3.63, 3.8) is 0 Å². The van der Waals surface area contributed by atoms with Gasteiger partial charge in [0.25, 0.3) is 5.91 Å². The van der Waals surface area contributed by atoms with E-state index in [0.717, 1.165) is 17.7 Å². The number of carbonyl (C=O) groups excluding carboxylic acids is 2. The maximum atomic E-state index is 12.1. The molecule has 0 aliphatic heterocycles. The van der Waals surface area contributed by atoms with Crippen LogP contribution in [0.3, 0.4) is 0 Å². The van der Waals surface area contributed by atoms with Gasteiger partial charge in [-0.15, -0.1) is 0 Å². The summed E-state index contributed by atoms with van der Waals surface area (Å²) < 4.78 is 5.52. The van der Waals surface area contributed by atoms with Crippen LogP contribution in [0.15, 0.2) is 48.5 Å². The van der Waals surface area contributed by atoms with E-state index in [0.29, 0.717) is 11.4 Å². The van der Waals surface area contributed by atoms with Crippen LogP contribution in [0, 0.1) is 0 Å². The maximum absolute atomic E-state index is 12.1. The third-order valence-electron chi connectivity index (χ3n) is 3.23. The Balaban J connectivity index is 1.98. The summed E-state index contributed by atoms with van der Waals surface area (Å²) in [6, 6.07) is 14.7. The Bertz CT molecular complexity index is 698. The van der Waals surface area contributed by atoms with Crippen LogP contribution < -0.4 is 15.4 Å². The highest BCUT2D eigenvalue weighted by molar-refractivity contribution is 5.93. The molecule has 0 radical (unpaired) electrons. The predicted octanol–water partition coefficient (Wildman–Crippen LogP) is 3.22. The summed E-state index contributed by atoms with van der Waals surface area (Å²) in [6.45, 7) is 3.32. The lowest BCUT2D eigenvalue weighted by atomic mass is 10.1. The predicted molar refractivity (Wildman–Crippen MR) is 90.7 cm³/mol. The molecule has 23 heavy (non-hydrogen) atoms. The quantitative estimate of drug-likeness (QED) is 0.860. The molecule has 0 saturated carbocycles. The molecule has 0 atom stereocenters. The summed E-state index contributed by atoms with van der Waals surface area (Å²) >= 11 is 0. The zero-order chi connectivity index (χ0) is 16.7. The van der Waals surface area contributed by atoms with Gasteiger partial charge < -0.3 is 15.4 Å². The van der Waals surface area contributed by atoms with Crippen LogP contribution in [-0.2, 0) is 16.0 Å². The minimum absolute atomic E-state index is 0.130. The Morgan fingerprint density at radius 2 is 1.61 bits per heavy atom. The number of carbonyl (C=O) groups is 2. The van der Waals surface area contributed by atoms with Crippen molar-refractivity contribution in [1.29, 1.82) is 0 Å². The van der Waals surface area contributed by atoms with Gasteiger partial charge in [0.15, 0.2) is 6.61 Å². The molecule has 2 N–H and O–H groups in total. The second kappa shape index (κ2) is 7.98. The lowest BCUT2D eigenvalue weighted by molar-refractivity contribution is -0.118. The summed E-state index contributed by atoms with van der Waals surface area (Å²) in [4.78, 5) is 23.2. The fourth-order valence-electron chi connectivity index (χ4n) is 2.17. The van der Waals surface area contributed by atoms with Crippen molar-refractivity contribution in [2.24, 2.45) is 0 Å². The maximum Gasteiger partial charge on any atom is 0.262 e. The van der Waals surface area contributed by atoms with Crippen LogP contribution in [0.2, 0.25) is 0 Å². The highest BCUT2D eigenvalue weighted by Crippen LogP contribution is 2.23. The zero-order valence-electron chi connectivity index (χ0n) is 13.3. The van der Waals surface area contributed by atoms with Gasteiger partial charge in [0.2, 0.25) is 5.91 Å². The average molecular weight is 312 g/mol. The van der Waals surface area contributed by atoms with E-state index in [1.807, 2.05) is 31.2 Å². The van der Waals surface area contributed by atoms with Crippen molar-refractivity contribution >= 4 is 23.2 Å². The van der Waals surface area contributed by atoms with Gasteiger partial charge in [-0.3, -0.25) is 9.59 Å². The van der Waals surface area contributed by atoms with Gasteiger partial charge >= 0.3 is 0 Å². The summed E-state index contributed by atoms with van der Waals surface area (Å²) in [5, 5.41) is 5.51. The minimum atomic E-state index is -0.247. The Morgan fingerprint density at radius 1 is 0.957 bits per heavy atom. The van der Waals surface area contributed by atoms with Crippen LogP contribution in [0.5, 0.6) is 5.75 Å². The molecule has 0 bridgehead atoms. The van der Waals surface area contributed by atoms with E-state index in [1.165, 1.54) is 6.92 Å². The number of amides is 2. The van der Waals surface area contributed by atoms with Crippen LogP contribution in [0.25, 0.3) is 0 Å². The SMILES string of the molecule is CCc1ccccc1NC(=O)COc1ccccc1NC(C)=O. The molecule has 5 nitrogen and oxygen atoms in total. The molecule has 5 heteroatoms. The molecule has 2 rings (SSSR count). The van der Waals surface area contributed by atoms with E-state index >= 15 is 0 Å². The molecule has 0 aliphatic rings. The molecule has 2 aromatic carbocycles. The minimum Gasteiger partial charge on any atom is -0.482 e. The van der Waals surface area contributed by atoms with Gasteiger partial charge in [0.05, 0.1) is 5.69 Å². The number of rotatable bonds is 6. The van der Waals surface area contributed by atoms with Crippen LogP contribution in [-0.4, -0.2) is 18.4 Å². The molecular weight excluding hydrogens is 292 g/mol. The first kappa shape index (κ1) is 16.5. The van der Waals surface area contributed by atoms with Gasteiger partial charge in [-0.05, 0) is 30.2 Å². The van der Waals surface area contributed by atoms with Gasteiger partial charge in [-0.1, -0.05) is 37.3 Å². The van der Waals surface area contributed by atoms with Crippen LogP contribution >= 0.6 is 0 Å². The molecule has 2 aromatic rings. The van der Waals surface area contributed by atoms with Crippen molar-refractivity contribution < 1.29 is 14.3 Å². The van der Waals surface area contributed by atoms with Crippen molar-refractivity contribution in [2.45, 2.75) is 20.3 Å². The number of para-hydroxylation sites is 3. The van der Waals surface area contributed by atoms with Gasteiger partial charge in [0.1, 0.15) is 5.75 Å². The van der Waals surface area contributed by atoms with E-state index in [1.54, 1.807) is 24.3 Å². The molecule has 120 valence electrons. The van der Waals surface area contributed by atoms with E-state index in [-0.39, 0.29) is 18.4 Å². The molecule has 0 aromatic heterocycles. The number of hydrogen-bond donors (Lipinski definition) is 2. The third kappa shape index (κ3) is 4.85. The summed E-state index contributed by atoms with van der Waals surface area (Å²) in [5.74, 6) is 0.0209. The van der Waals surface area contributed by atoms with E-state index in [4.69, 9.17) is 4.74 Å². The molecular formula is C18H20N2O3. The standard InChI is InChI=1S/C18H20N2O3/c1-3-14-8-4-5-9-15(14)20-18(22)12-23-17-11-7-6-10-16(17)19-13(2)21/h4-11H,3,12H2,1-2H3,(H,19,21)(H,20,22). The number of hydrogen-bond acceptors (Lipinski definition) is 3. The van der Waals surface area contributed by atoms with Gasteiger partial charge in [-0.25, -0.2) is 0 Å². The Morgan fingerprint density at radius 3 is 2.30 bits per heavy atom. The molecule has 0 aliphatic carbocycles. The molecule has 0 spiro atoms. The first-order valence-corrected chi connectivity index (χ1v) is 7.47. The average Bonchev–Trinajstić information content (AvgIpc) is 2.54. The lowest BCUT2D eigenvalue weighted by Crippen LogP contribution is -2.21. The highest BCUT2D eigenvalue weighted by atomic mass is 16.5.